The molecule has 0 amide bonds. The smallest absolute Gasteiger partial charge is 0.0108 e. The van der Waals surface area contributed by atoms with Crippen LogP contribution in [-0.4, -0.2) is 0 Å². The highest BCUT2D eigenvalue weighted by Crippen LogP contribution is 2.51. The lowest BCUT2D eigenvalue weighted by molar-refractivity contribution is 0.151. The first-order chi connectivity index (χ1) is 11.5. The van der Waals surface area contributed by atoms with E-state index in [2.05, 4.69) is 70.2 Å². The van der Waals surface area contributed by atoms with E-state index in [-0.39, 0.29) is 0 Å². The maximum absolute atomic E-state index is 2.56. The van der Waals surface area contributed by atoms with Crippen LogP contribution in [0, 0.1) is 24.2 Å². The monoisotopic (exact) mass is 322 g/mol. The second-order valence-electron chi connectivity index (χ2n) is 8.61. The summed E-state index contributed by atoms with van der Waals surface area (Å²) >= 11 is 0. The number of hydrogen-bond acceptors (Lipinski definition) is 0. The Labute approximate surface area is 149 Å². The molecule has 24 heavy (non-hydrogen) atoms. The SMILES string of the molecule is C/C=C(/C)C1(C)CC(/C=C\C2CCC(c3ccc(C)cc3)CC2)C1. The van der Waals surface area contributed by atoms with Crippen molar-refractivity contribution in [2.24, 2.45) is 17.3 Å². The van der Waals surface area contributed by atoms with Gasteiger partial charge in [-0.2, -0.15) is 0 Å². The van der Waals surface area contributed by atoms with Gasteiger partial charge in [0.05, 0.1) is 0 Å². The van der Waals surface area contributed by atoms with Crippen LogP contribution in [0.25, 0.3) is 0 Å². The fourth-order valence-corrected chi connectivity index (χ4v) is 4.70. The van der Waals surface area contributed by atoms with E-state index in [1.165, 1.54) is 44.1 Å². The summed E-state index contributed by atoms with van der Waals surface area (Å²) in [6.45, 7) is 9.08. The lowest BCUT2D eigenvalue weighted by Crippen LogP contribution is -2.34. The fourth-order valence-electron chi connectivity index (χ4n) is 4.70. The van der Waals surface area contributed by atoms with Crippen molar-refractivity contribution in [3.8, 4) is 0 Å². The third-order valence-electron chi connectivity index (χ3n) is 6.79. The Morgan fingerprint density at radius 1 is 0.958 bits per heavy atom. The van der Waals surface area contributed by atoms with E-state index in [1.54, 1.807) is 11.1 Å². The van der Waals surface area contributed by atoms with Crippen molar-refractivity contribution in [1.82, 2.24) is 0 Å². The zero-order valence-electron chi connectivity index (χ0n) is 16.0. The molecule has 0 heteroatoms. The summed E-state index contributed by atoms with van der Waals surface area (Å²) in [5.74, 6) is 2.43. The average Bonchev–Trinajstić information content (AvgIpc) is 2.58. The summed E-state index contributed by atoms with van der Waals surface area (Å²) in [5.41, 5.74) is 4.98. The van der Waals surface area contributed by atoms with Crippen LogP contribution in [0.5, 0.6) is 0 Å². The van der Waals surface area contributed by atoms with E-state index in [4.69, 9.17) is 0 Å². The molecule has 2 aliphatic carbocycles. The summed E-state index contributed by atoms with van der Waals surface area (Å²) in [6, 6.07) is 9.22. The Morgan fingerprint density at radius 3 is 2.12 bits per heavy atom. The maximum Gasteiger partial charge on any atom is -0.0108 e. The summed E-state index contributed by atoms with van der Waals surface area (Å²) in [5, 5.41) is 0. The zero-order chi connectivity index (χ0) is 17.2. The topological polar surface area (TPSA) is 0 Å². The number of benzene rings is 1. The predicted molar refractivity (Wildman–Crippen MR) is 105 cm³/mol. The lowest BCUT2D eigenvalue weighted by atomic mass is 9.59. The molecule has 2 saturated carbocycles. The van der Waals surface area contributed by atoms with Crippen LogP contribution < -0.4 is 0 Å². The minimum absolute atomic E-state index is 0.479. The predicted octanol–water partition coefficient (Wildman–Crippen LogP) is 7.21. The summed E-state index contributed by atoms with van der Waals surface area (Å²) in [7, 11) is 0. The highest BCUT2D eigenvalue weighted by molar-refractivity contribution is 5.25. The van der Waals surface area contributed by atoms with E-state index in [1.807, 2.05) is 0 Å². The van der Waals surface area contributed by atoms with Gasteiger partial charge >= 0.3 is 0 Å². The van der Waals surface area contributed by atoms with Gasteiger partial charge < -0.3 is 0 Å². The molecule has 0 N–H and O–H groups in total. The van der Waals surface area contributed by atoms with Crippen molar-refractivity contribution in [2.45, 2.75) is 72.1 Å². The second kappa shape index (κ2) is 7.30. The fraction of sp³-hybridized carbons (Fsp3) is 0.583. The van der Waals surface area contributed by atoms with Gasteiger partial charge in [-0.05, 0) is 88.0 Å². The molecule has 0 spiro atoms. The quantitative estimate of drug-likeness (QED) is 0.514. The molecule has 1 aromatic carbocycles. The minimum Gasteiger partial charge on any atom is -0.0882 e. The normalized spacial score (nSPS) is 34.3. The standard InChI is InChI=1S/C24H34/c1-5-19(3)24(4)16-21(17-24)9-8-20-10-14-23(15-11-20)22-12-6-18(2)7-13-22/h5-9,12-13,20-21,23H,10-11,14-17H2,1-4H3/b9-8-,19-5-. The molecule has 2 aliphatic rings. The minimum atomic E-state index is 0.479. The molecule has 0 aliphatic heterocycles. The molecule has 0 atom stereocenters. The molecule has 0 nitrogen and oxygen atoms in total. The van der Waals surface area contributed by atoms with E-state index < -0.39 is 0 Å². The Kier molecular flexibility index (Phi) is 5.33. The van der Waals surface area contributed by atoms with Crippen LogP contribution in [0.1, 0.15) is 76.3 Å². The number of rotatable bonds is 4. The first-order valence-electron chi connectivity index (χ1n) is 9.88. The molecular formula is C24H34. The van der Waals surface area contributed by atoms with Gasteiger partial charge in [-0.3, -0.25) is 0 Å². The summed E-state index contributed by atoms with van der Waals surface area (Å²) in [4.78, 5) is 0. The van der Waals surface area contributed by atoms with Crippen LogP contribution in [-0.2, 0) is 0 Å². The van der Waals surface area contributed by atoms with E-state index in [9.17, 15) is 0 Å². The molecule has 0 aromatic heterocycles. The molecular weight excluding hydrogens is 288 g/mol. The van der Waals surface area contributed by atoms with Gasteiger partial charge in [0.1, 0.15) is 0 Å². The van der Waals surface area contributed by atoms with E-state index >= 15 is 0 Å². The Morgan fingerprint density at radius 2 is 1.54 bits per heavy atom. The molecule has 2 fully saturated rings. The summed E-state index contributed by atoms with van der Waals surface area (Å²) in [6.07, 6.45) is 15.5. The van der Waals surface area contributed by atoms with Gasteiger partial charge in [0, 0.05) is 0 Å². The van der Waals surface area contributed by atoms with Gasteiger partial charge in [-0.25, -0.2) is 0 Å². The van der Waals surface area contributed by atoms with Gasteiger partial charge in [0.2, 0.25) is 0 Å². The second-order valence-corrected chi connectivity index (χ2v) is 8.61. The third-order valence-corrected chi connectivity index (χ3v) is 6.79. The third kappa shape index (κ3) is 3.85. The molecule has 0 radical (unpaired) electrons. The van der Waals surface area contributed by atoms with Crippen molar-refractivity contribution in [3.63, 3.8) is 0 Å². The van der Waals surface area contributed by atoms with Crippen molar-refractivity contribution in [2.75, 3.05) is 0 Å². The van der Waals surface area contributed by atoms with Gasteiger partial charge in [-0.15, -0.1) is 0 Å². The molecule has 130 valence electrons. The van der Waals surface area contributed by atoms with E-state index in [0.29, 0.717) is 5.41 Å². The molecule has 1 aromatic rings. The Hall–Kier alpha value is -1.30. The molecule has 3 rings (SSSR count). The first kappa shape index (κ1) is 17.5. The van der Waals surface area contributed by atoms with Crippen LogP contribution >= 0.6 is 0 Å². The molecule has 0 heterocycles. The van der Waals surface area contributed by atoms with Crippen molar-refractivity contribution in [3.05, 3.63) is 59.2 Å². The largest absolute Gasteiger partial charge is 0.0882 e. The lowest BCUT2D eigenvalue weighted by Gasteiger charge is -2.45. The molecule has 0 unspecified atom stereocenters. The highest BCUT2D eigenvalue weighted by Gasteiger charge is 2.39. The van der Waals surface area contributed by atoms with Crippen LogP contribution in [0.15, 0.2) is 48.1 Å². The zero-order valence-corrected chi connectivity index (χ0v) is 16.0. The molecule has 0 saturated heterocycles. The van der Waals surface area contributed by atoms with Crippen molar-refractivity contribution < 1.29 is 0 Å². The van der Waals surface area contributed by atoms with Crippen LogP contribution in [0.3, 0.4) is 0 Å². The van der Waals surface area contributed by atoms with Crippen LogP contribution in [0.2, 0.25) is 0 Å². The first-order valence-corrected chi connectivity index (χ1v) is 9.88. The molecule has 0 bridgehead atoms. The van der Waals surface area contributed by atoms with Crippen molar-refractivity contribution in [1.29, 1.82) is 0 Å². The average molecular weight is 323 g/mol. The Balaban J connectivity index is 1.45. The van der Waals surface area contributed by atoms with Gasteiger partial charge in [0.15, 0.2) is 0 Å². The van der Waals surface area contributed by atoms with Crippen molar-refractivity contribution >= 4 is 0 Å². The maximum atomic E-state index is 2.56. The summed E-state index contributed by atoms with van der Waals surface area (Å²) < 4.78 is 0. The number of hydrogen-bond donors (Lipinski definition) is 0. The van der Waals surface area contributed by atoms with Crippen LogP contribution in [0.4, 0.5) is 0 Å². The van der Waals surface area contributed by atoms with E-state index in [0.717, 1.165) is 17.8 Å². The Bertz CT molecular complexity index is 587. The highest BCUT2D eigenvalue weighted by atomic mass is 14.4. The number of allylic oxidation sites excluding steroid dienone is 4. The van der Waals surface area contributed by atoms with Gasteiger partial charge in [0.25, 0.3) is 0 Å². The van der Waals surface area contributed by atoms with Gasteiger partial charge in [-0.1, -0.05) is 60.6 Å². The number of aryl methyl sites for hydroxylation is 1.